The summed E-state index contributed by atoms with van der Waals surface area (Å²) < 4.78 is 4.88. The summed E-state index contributed by atoms with van der Waals surface area (Å²) in [4.78, 5) is 27.3. The fourth-order valence-electron chi connectivity index (χ4n) is 1.70. The van der Waals surface area contributed by atoms with Crippen molar-refractivity contribution < 1.29 is 14.3 Å². The van der Waals surface area contributed by atoms with Crippen LogP contribution in [0.25, 0.3) is 6.08 Å². The van der Waals surface area contributed by atoms with Crippen molar-refractivity contribution in [3.63, 3.8) is 0 Å². The number of amides is 1. The van der Waals surface area contributed by atoms with Crippen molar-refractivity contribution >= 4 is 29.3 Å². The third-order valence-electron chi connectivity index (χ3n) is 2.58. The second-order valence-corrected chi connectivity index (χ2v) is 5.67. The van der Waals surface area contributed by atoms with Crippen molar-refractivity contribution in [2.24, 2.45) is 0 Å². The number of rotatable bonds is 7. The lowest BCUT2D eigenvalue weighted by Crippen LogP contribution is -2.36. The standard InChI is InChI=1S/C15H21NO3S/c1-4-10-16(11-15(18)19-5-2)14(17)9-8-13-7-6-12(3)20-13/h6-9H,4-5,10-11H2,1-3H3/b9-8+. The molecule has 1 aromatic heterocycles. The van der Waals surface area contributed by atoms with Gasteiger partial charge in [0.1, 0.15) is 6.54 Å². The molecule has 0 aromatic carbocycles. The van der Waals surface area contributed by atoms with E-state index in [9.17, 15) is 9.59 Å². The quantitative estimate of drug-likeness (QED) is 0.574. The minimum atomic E-state index is -0.366. The van der Waals surface area contributed by atoms with Crippen LogP contribution in [-0.2, 0) is 14.3 Å². The summed E-state index contributed by atoms with van der Waals surface area (Å²) in [6.45, 7) is 6.63. The molecule has 0 saturated carbocycles. The molecule has 0 aliphatic carbocycles. The second-order valence-electron chi connectivity index (χ2n) is 4.35. The molecule has 0 radical (unpaired) electrons. The van der Waals surface area contributed by atoms with E-state index in [1.54, 1.807) is 24.3 Å². The number of carbonyl (C=O) groups excluding carboxylic acids is 2. The molecule has 0 aliphatic rings. The van der Waals surface area contributed by atoms with Crippen LogP contribution in [0.4, 0.5) is 0 Å². The van der Waals surface area contributed by atoms with Gasteiger partial charge < -0.3 is 9.64 Å². The van der Waals surface area contributed by atoms with Crippen molar-refractivity contribution in [2.75, 3.05) is 19.7 Å². The Balaban J connectivity index is 2.63. The number of hydrogen-bond donors (Lipinski definition) is 0. The van der Waals surface area contributed by atoms with E-state index in [0.29, 0.717) is 13.2 Å². The number of carbonyl (C=O) groups is 2. The van der Waals surface area contributed by atoms with Gasteiger partial charge >= 0.3 is 5.97 Å². The molecule has 0 aliphatic heterocycles. The summed E-state index contributed by atoms with van der Waals surface area (Å²) in [5.74, 6) is -0.527. The van der Waals surface area contributed by atoms with Gasteiger partial charge in [0.2, 0.25) is 5.91 Å². The molecule has 1 rings (SSSR count). The fraction of sp³-hybridized carbons (Fsp3) is 0.467. The molecule has 4 nitrogen and oxygen atoms in total. The van der Waals surface area contributed by atoms with E-state index in [-0.39, 0.29) is 18.4 Å². The average Bonchev–Trinajstić information content (AvgIpc) is 2.81. The van der Waals surface area contributed by atoms with Crippen LogP contribution in [0, 0.1) is 6.92 Å². The number of ether oxygens (including phenoxy) is 1. The van der Waals surface area contributed by atoms with Crippen LogP contribution in [0.1, 0.15) is 30.0 Å². The molecule has 0 spiro atoms. The van der Waals surface area contributed by atoms with E-state index < -0.39 is 0 Å². The highest BCUT2D eigenvalue weighted by atomic mass is 32.1. The molecule has 1 heterocycles. The first-order valence-corrected chi connectivity index (χ1v) is 7.57. The number of thiophene rings is 1. The molecule has 0 unspecified atom stereocenters. The molecule has 20 heavy (non-hydrogen) atoms. The van der Waals surface area contributed by atoms with E-state index in [4.69, 9.17) is 4.74 Å². The van der Waals surface area contributed by atoms with Crippen LogP contribution < -0.4 is 0 Å². The van der Waals surface area contributed by atoms with Gasteiger partial charge in [-0.15, -0.1) is 11.3 Å². The van der Waals surface area contributed by atoms with Crippen LogP contribution in [0.3, 0.4) is 0 Å². The summed E-state index contributed by atoms with van der Waals surface area (Å²) in [6, 6.07) is 3.98. The smallest absolute Gasteiger partial charge is 0.325 e. The summed E-state index contributed by atoms with van der Waals surface area (Å²) in [6.07, 6.45) is 4.10. The highest BCUT2D eigenvalue weighted by Crippen LogP contribution is 2.16. The maximum absolute atomic E-state index is 12.1. The predicted molar refractivity (Wildman–Crippen MR) is 81.6 cm³/mol. The molecular weight excluding hydrogens is 274 g/mol. The summed E-state index contributed by atoms with van der Waals surface area (Å²) in [5.41, 5.74) is 0. The van der Waals surface area contributed by atoms with Gasteiger partial charge in [0, 0.05) is 22.4 Å². The van der Waals surface area contributed by atoms with Gasteiger partial charge in [0.25, 0.3) is 0 Å². The molecule has 1 amide bonds. The Hall–Kier alpha value is -1.62. The second kappa shape index (κ2) is 8.53. The SMILES string of the molecule is CCCN(CC(=O)OCC)C(=O)/C=C/c1ccc(C)s1. The van der Waals surface area contributed by atoms with Crippen molar-refractivity contribution in [3.8, 4) is 0 Å². The van der Waals surface area contributed by atoms with Crippen LogP contribution >= 0.6 is 11.3 Å². The van der Waals surface area contributed by atoms with Crippen LogP contribution in [0.5, 0.6) is 0 Å². The molecule has 0 saturated heterocycles. The zero-order chi connectivity index (χ0) is 15.0. The van der Waals surface area contributed by atoms with Crippen LogP contribution in [-0.4, -0.2) is 36.5 Å². The minimum Gasteiger partial charge on any atom is -0.465 e. The van der Waals surface area contributed by atoms with E-state index in [0.717, 1.165) is 11.3 Å². The molecule has 1 aromatic rings. The summed E-state index contributed by atoms with van der Waals surface area (Å²) in [5, 5.41) is 0. The highest BCUT2D eigenvalue weighted by Gasteiger charge is 2.14. The lowest BCUT2D eigenvalue weighted by atomic mass is 10.3. The molecule has 0 N–H and O–H groups in total. The van der Waals surface area contributed by atoms with Gasteiger partial charge in [-0.25, -0.2) is 0 Å². The molecular formula is C15H21NO3S. The Morgan fingerprint density at radius 2 is 2.10 bits per heavy atom. The van der Waals surface area contributed by atoms with Crippen LogP contribution in [0.15, 0.2) is 18.2 Å². The van der Waals surface area contributed by atoms with Crippen molar-refractivity contribution in [3.05, 3.63) is 28.0 Å². The van der Waals surface area contributed by atoms with Gasteiger partial charge in [-0.2, -0.15) is 0 Å². The first-order chi connectivity index (χ1) is 9.56. The van der Waals surface area contributed by atoms with Crippen molar-refractivity contribution in [1.29, 1.82) is 0 Å². The summed E-state index contributed by atoms with van der Waals surface area (Å²) in [7, 11) is 0. The number of aryl methyl sites for hydroxylation is 1. The van der Waals surface area contributed by atoms with Gasteiger partial charge in [-0.3, -0.25) is 9.59 Å². The Labute approximate surface area is 124 Å². The van der Waals surface area contributed by atoms with Crippen molar-refractivity contribution in [1.82, 2.24) is 4.90 Å². The number of hydrogen-bond acceptors (Lipinski definition) is 4. The summed E-state index contributed by atoms with van der Waals surface area (Å²) >= 11 is 1.63. The topological polar surface area (TPSA) is 46.6 Å². The lowest BCUT2D eigenvalue weighted by Gasteiger charge is -2.19. The largest absolute Gasteiger partial charge is 0.465 e. The average molecular weight is 295 g/mol. The Morgan fingerprint density at radius 1 is 1.35 bits per heavy atom. The maximum Gasteiger partial charge on any atom is 0.325 e. The molecule has 0 atom stereocenters. The van der Waals surface area contributed by atoms with E-state index in [1.165, 1.54) is 15.9 Å². The highest BCUT2D eigenvalue weighted by molar-refractivity contribution is 7.12. The first-order valence-electron chi connectivity index (χ1n) is 6.75. The normalized spacial score (nSPS) is 10.8. The van der Waals surface area contributed by atoms with Crippen LogP contribution in [0.2, 0.25) is 0 Å². The number of nitrogens with zero attached hydrogens (tertiary/aromatic N) is 1. The Bertz CT molecular complexity index is 479. The maximum atomic E-state index is 12.1. The fourth-order valence-corrected chi connectivity index (χ4v) is 2.48. The predicted octanol–water partition coefficient (Wildman–Crippen LogP) is 2.87. The monoisotopic (exact) mass is 295 g/mol. The number of esters is 1. The van der Waals surface area contributed by atoms with E-state index in [1.807, 2.05) is 26.0 Å². The molecule has 110 valence electrons. The lowest BCUT2D eigenvalue weighted by molar-refractivity contribution is -0.147. The zero-order valence-corrected chi connectivity index (χ0v) is 13.0. The van der Waals surface area contributed by atoms with Gasteiger partial charge in [-0.1, -0.05) is 6.92 Å². The molecule has 0 fully saturated rings. The minimum absolute atomic E-state index is 0.00826. The van der Waals surface area contributed by atoms with E-state index in [2.05, 4.69) is 0 Å². The Kier molecular flexibility index (Phi) is 7.01. The third kappa shape index (κ3) is 5.57. The zero-order valence-electron chi connectivity index (χ0n) is 12.2. The third-order valence-corrected chi connectivity index (χ3v) is 3.55. The molecule has 5 heteroatoms. The Morgan fingerprint density at radius 3 is 2.65 bits per heavy atom. The van der Waals surface area contributed by atoms with E-state index >= 15 is 0 Å². The first kappa shape index (κ1) is 16.4. The van der Waals surface area contributed by atoms with Gasteiger partial charge in [0.05, 0.1) is 6.61 Å². The van der Waals surface area contributed by atoms with Gasteiger partial charge in [0.15, 0.2) is 0 Å². The van der Waals surface area contributed by atoms with Gasteiger partial charge in [-0.05, 0) is 38.5 Å². The van der Waals surface area contributed by atoms with Crippen molar-refractivity contribution in [2.45, 2.75) is 27.2 Å². The molecule has 0 bridgehead atoms.